The monoisotopic (exact) mass is 278 g/mol. The number of nitrogens with one attached hydrogen (secondary N) is 1. The van der Waals surface area contributed by atoms with E-state index in [0.717, 1.165) is 12.2 Å². The van der Waals surface area contributed by atoms with Crippen LogP contribution in [0.25, 0.3) is 0 Å². The molecule has 0 bridgehead atoms. The van der Waals surface area contributed by atoms with Gasteiger partial charge in [-0.05, 0) is 36.5 Å². The molecule has 0 aromatic heterocycles. The predicted octanol–water partition coefficient (Wildman–Crippen LogP) is 3.54. The number of esters is 1. The summed E-state index contributed by atoms with van der Waals surface area (Å²) in [6.45, 7) is 11.8. The third-order valence-electron chi connectivity index (χ3n) is 3.86. The van der Waals surface area contributed by atoms with E-state index in [-0.39, 0.29) is 11.4 Å². The molecule has 20 heavy (non-hydrogen) atoms. The number of benzene rings is 1. The SMILES string of the molecule is CCOC(=O)c1cc(NCC(C)(C)C(C)C)ccc1N. The summed E-state index contributed by atoms with van der Waals surface area (Å²) in [5, 5.41) is 3.37. The van der Waals surface area contributed by atoms with Crippen molar-refractivity contribution >= 4 is 17.3 Å². The van der Waals surface area contributed by atoms with Crippen LogP contribution in [-0.4, -0.2) is 19.1 Å². The lowest BCUT2D eigenvalue weighted by atomic mass is 9.81. The maximum absolute atomic E-state index is 11.8. The van der Waals surface area contributed by atoms with Gasteiger partial charge in [-0.2, -0.15) is 0 Å². The number of ether oxygens (including phenoxy) is 1. The molecule has 3 N–H and O–H groups in total. The predicted molar refractivity (Wildman–Crippen MR) is 83.9 cm³/mol. The fraction of sp³-hybridized carbons (Fsp3) is 0.562. The molecule has 0 fully saturated rings. The molecular formula is C16H26N2O2. The van der Waals surface area contributed by atoms with Crippen molar-refractivity contribution in [1.29, 1.82) is 0 Å². The Bertz CT molecular complexity index is 468. The number of carbonyl (C=O) groups is 1. The summed E-state index contributed by atoms with van der Waals surface area (Å²) >= 11 is 0. The summed E-state index contributed by atoms with van der Waals surface area (Å²) in [5.74, 6) is 0.185. The van der Waals surface area contributed by atoms with Crippen molar-refractivity contribution in [1.82, 2.24) is 0 Å². The Morgan fingerprint density at radius 2 is 2.05 bits per heavy atom. The smallest absolute Gasteiger partial charge is 0.340 e. The van der Waals surface area contributed by atoms with Gasteiger partial charge in [0.1, 0.15) is 0 Å². The van der Waals surface area contributed by atoms with Crippen molar-refractivity contribution in [2.75, 3.05) is 24.2 Å². The third kappa shape index (κ3) is 4.15. The van der Waals surface area contributed by atoms with Crippen molar-refractivity contribution < 1.29 is 9.53 Å². The van der Waals surface area contributed by atoms with Gasteiger partial charge in [-0.25, -0.2) is 4.79 Å². The molecule has 112 valence electrons. The number of anilines is 2. The Morgan fingerprint density at radius 3 is 2.60 bits per heavy atom. The van der Waals surface area contributed by atoms with Gasteiger partial charge in [0.05, 0.1) is 12.2 Å². The molecule has 0 aliphatic heterocycles. The quantitative estimate of drug-likeness (QED) is 0.617. The van der Waals surface area contributed by atoms with E-state index in [2.05, 4.69) is 33.0 Å². The highest BCUT2D eigenvalue weighted by Gasteiger charge is 2.22. The highest BCUT2D eigenvalue weighted by Crippen LogP contribution is 2.27. The second-order valence-electron chi connectivity index (χ2n) is 6.02. The zero-order valence-corrected chi connectivity index (χ0v) is 13.1. The van der Waals surface area contributed by atoms with Crippen molar-refractivity contribution in [2.45, 2.75) is 34.6 Å². The molecule has 0 atom stereocenters. The topological polar surface area (TPSA) is 64.3 Å². The molecule has 0 amide bonds. The maximum Gasteiger partial charge on any atom is 0.340 e. The molecule has 0 saturated heterocycles. The first-order valence-corrected chi connectivity index (χ1v) is 7.08. The fourth-order valence-corrected chi connectivity index (χ4v) is 1.59. The second-order valence-corrected chi connectivity index (χ2v) is 6.02. The van der Waals surface area contributed by atoms with Crippen LogP contribution in [0.5, 0.6) is 0 Å². The van der Waals surface area contributed by atoms with Crippen LogP contribution in [0.15, 0.2) is 18.2 Å². The standard InChI is InChI=1S/C16H26N2O2/c1-6-20-15(19)13-9-12(7-8-14(13)17)18-10-16(4,5)11(2)3/h7-9,11,18H,6,10,17H2,1-5H3. The van der Waals surface area contributed by atoms with E-state index in [0.29, 0.717) is 23.8 Å². The van der Waals surface area contributed by atoms with Crippen LogP contribution < -0.4 is 11.1 Å². The molecule has 4 nitrogen and oxygen atoms in total. The minimum absolute atomic E-state index is 0.172. The minimum Gasteiger partial charge on any atom is -0.462 e. The number of rotatable bonds is 6. The van der Waals surface area contributed by atoms with E-state index in [1.165, 1.54) is 0 Å². The molecule has 1 aromatic carbocycles. The lowest BCUT2D eigenvalue weighted by Gasteiger charge is -2.30. The van der Waals surface area contributed by atoms with E-state index < -0.39 is 0 Å². The highest BCUT2D eigenvalue weighted by molar-refractivity contribution is 5.96. The molecule has 0 unspecified atom stereocenters. The number of carbonyl (C=O) groups excluding carboxylic acids is 1. The van der Waals surface area contributed by atoms with E-state index in [1.807, 2.05) is 6.07 Å². The molecule has 1 aromatic rings. The Kier molecular flexibility index (Phi) is 5.43. The summed E-state index contributed by atoms with van der Waals surface area (Å²) in [4.78, 5) is 11.8. The van der Waals surface area contributed by atoms with E-state index in [4.69, 9.17) is 10.5 Å². The molecule has 0 saturated carbocycles. The first-order chi connectivity index (χ1) is 9.27. The third-order valence-corrected chi connectivity index (χ3v) is 3.86. The average molecular weight is 278 g/mol. The number of nitrogen functional groups attached to an aromatic ring is 1. The Hall–Kier alpha value is -1.71. The largest absolute Gasteiger partial charge is 0.462 e. The summed E-state index contributed by atoms with van der Waals surface area (Å²) < 4.78 is 5.00. The van der Waals surface area contributed by atoms with E-state index >= 15 is 0 Å². The Balaban J connectivity index is 2.83. The van der Waals surface area contributed by atoms with Crippen molar-refractivity contribution in [2.24, 2.45) is 11.3 Å². The van der Waals surface area contributed by atoms with Crippen LogP contribution in [-0.2, 0) is 4.74 Å². The van der Waals surface area contributed by atoms with Gasteiger partial charge in [0, 0.05) is 17.9 Å². The van der Waals surface area contributed by atoms with Gasteiger partial charge in [0.2, 0.25) is 0 Å². The first kappa shape index (κ1) is 16.3. The summed E-state index contributed by atoms with van der Waals surface area (Å²) in [7, 11) is 0. The minimum atomic E-state index is -0.378. The fourth-order valence-electron chi connectivity index (χ4n) is 1.59. The van der Waals surface area contributed by atoms with Crippen LogP contribution in [0.2, 0.25) is 0 Å². The summed E-state index contributed by atoms with van der Waals surface area (Å²) in [5.41, 5.74) is 7.74. The van der Waals surface area contributed by atoms with Gasteiger partial charge in [-0.15, -0.1) is 0 Å². The molecule has 1 rings (SSSR count). The van der Waals surface area contributed by atoms with Crippen LogP contribution in [0.1, 0.15) is 45.0 Å². The highest BCUT2D eigenvalue weighted by atomic mass is 16.5. The number of hydrogen-bond acceptors (Lipinski definition) is 4. The van der Waals surface area contributed by atoms with Crippen molar-refractivity contribution in [3.05, 3.63) is 23.8 Å². The number of hydrogen-bond donors (Lipinski definition) is 2. The molecule has 0 radical (unpaired) electrons. The van der Waals surface area contributed by atoms with Gasteiger partial charge in [0.25, 0.3) is 0 Å². The lowest BCUT2D eigenvalue weighted by Crippen LogP contribution is -2.28. The van der Waals surface area contributed by atoms with Crippen LogP contribution in [0.3, 0.4) is 0 Å². The normalized spacial score (nSPS) is 11.5. The van der Waals surface area contributed by atoms with Crippen molar-refractivity contribution in [3.8, 4) is 0 Å². The van der Waals surface area contributed by atoms with Crippen LogP contribution in [0, 0.1) is 11.3 Å². The summed E-state index contributed by atoms with van der Waals surface area (Å²) in [6.07, 6.45) is 0. The molecule has 0 aliphatic carbocycles. The van der Waals surface area contributed by atoms with Gasteiger partial charge >= 0.3 is 5.97 Å². The summed E-state index contributed by atoms with van der Waals surface area (Å²) in [6, 6.07) is 5.37. The first-order valence-electron chi connectivity index (χ1n) is 7.08. The van der Waals surface area contributed by atoms with Gasteiger partial charge < -0.3 is 15.8 Å². The van der Waals surface area contributed by atoms with Gasteiger partial charge in [-0.3, -0.25) is 0 Å². The zero-order chi connectivity index (χ0) is 15.3. The molecular weight excluding hydrogens is 252 g/mol. The van der Waals surface area contributed by atoms with E-state index in [1.54, 1.807) is 19.1 Å². The molecule has 0 heterocycles. The maximum atomic E-state index is 11.8. The zero-order valence-electron chi connectivity index (χ0n) is 13.1. The van der Waals surface area contributed by atoms with Crippen LogP contribution >= 0.6 is 0 Å². The molecule has 0 spiro atoms. The average Bonchev–Trinajstić information content (AvgIpc) is 2.37. The second kappa shape index (κ2) is 6.64. The molecule has 0 aliphatic rings. The van der Waals surface area contributed by atoms with Crippen molar-refractivity contribution in [3.63, 3.8) is 0 Å². The van der Waals surface area contributed by atoms with Gasteiger partial charge in [0.15, 0.2) is 0 Å². The molecule has 4 heteroatoms. The number of nitrogens with two attached hydrogens (primary N) is 1. The lowest BCUT2D eigenvalue weighted by molar-refractivity contribution is 0.0527. The van der Waals surface area contributed by atoms with E-state index in [9.17, 15) is 4.79 Å². The Morgan fingerprint density at radius 1 is 1.40 bits per heavy atom. The van der Waals surface area contributed by atoms with Gasteiger partial charge in [-0.1, -0.05) is 27.7 Å². The van der Waals surface area contributed by atoms with Crippen LogP contribution in [0.4, 0.5) is 11.4 Å². The Labute approximate surface area is 121 Å².